The molecule has 1 amide bonds. The van der Waals surface area contributed by atoms with E-state index >= 15 is 0 Å². The van der Waals surface area contributed by atoms with Gasteiger partial charge in [-0.3, -0.25) is 19.7 Å². The fraction of sp³-hybridized carbons (Fsp3) is 0.333. The lowest BCUT2D eigenvalue weighted by molar-refractivity contribution is -0.384. The summed E-state index contributed by atoms with van der Waals surface area (Å²) in [6.45, 7) is -0.211. The summed E-state index contributed by atoms with van der Waals surface area (Å²) in [5.74, 6) is -1.83. The van der Waals surface area contributed by atoms with Gasteiger partial charge < -0.3 is 20.8 Å². The first-order valence-electron chi connectivity index (χ1n) is 6.05. The zero-order valence-corrected chi connectivity index (χ0v) is 11.0. The standard InChI is InChI=1S/C12H15N3O6/c16-5-4-13-10(12(18)19)7-11(17)14-8-2-1-3-9(6-8)15(20)21/h1-3,6,10,13,16H,4-5,7H2,(H,14,17)(H,18,19). The normalized spacial score (nSPS) is 11.7. The first-order valence-corrected chi connectivity index (χ1v) is 6.05. The minimum atomic E-state index is -1.22. The monoisotopic (exact) mass is 297 g/mol. The van der Waals surface area contributed by atoms with Crippen LogP contribution in [0.2, 0.25) is 0 Å². The van der Waals surface area contributed by atoms with Crippen molar-refractivity contribution in [2.24, 2.45) is 0 Å². The van der Waals surface area contributed by atoms with Gasteiger partial charge in [0, 0.05) is 24.4 Å². The number of carboxylic acid groups (broad SMARTS) is 1. The summed E-state index contributed by atoms with van der Waals surface area (Å²) in [4.78, 5) is 32.7. The van der Waals surface area contributed by atoms with Crippen molar-refractivity contribution in [3.63, 3.8) is 0 Å². The third-order valence-corrected chi connectivity index (χ3v) is 2.53. The number of nitro benzene ring substituents is 1. The first-order chi connectivity index (χ1) is 9.93. The molecule has 1 rings (SSSR count). The summed E-state index contributed by atoms with van der Waals surface area (Å²) in [6.07, 6.45) is -0.363. The first kappa shape index (κ1) is 16.5. The van der Waals surface area contributed by atoms with Gasteiger partial charge in [-0.15, -0.1) is 0 Å². The number of amides is 1. The molecule has 1 atom stereocenters. The van der Waals surface area contributed by atoms with Crippen LogP contribution < -0.4 is 10.6 Å². The van der Waals surface area contributed by atoms with E-state index in [0.717, 1.165) is 0 Å². The molecule has 1 aromatic carbocycles. The molecule has 0 fully saturated rings. The van der Waals surface area contributed by atoms with Gasteiger partial charge in [-0.2, -0.15) is 0 Å². The second-order valence-corrected chi connectivity index (χ2v) is 4.13. The average molecular weight is 297 g/mol. The Morgan fingerprint density at radius 1 is 1.38 bits per heavy atom. The van der Waals surface area contributed by atoms with Gasteiger partial charge in [0.2, 0.25) is 5.91 Å². The molecule has 1 unspecified atom stereocenters. The van der Waals surface area contributed by atoms with Crippen LogP contribution in [0.3, 0.4) is 0 Å². The lowest BCUT2D eigenvalue weighted by Gasteiger charge is -2.13. The molecule has 21 heavy (non-hydrogen) atoms. The van der Waals surface area contributed by atoms with Crippen LogP contribution in [-0.2, 0) is 9.59 Å². The third kappa shape index (κ3) is 5.55. The van der Waals surface area contributed by atoms with Gasteiger partial charge in [0.15, 0.2) is 0 Å². The van der Waals surface area contributed by atoms with E-state index in [0.29, 0.717) is 0 Å². The Kier molecular flexibility index (Phi) is 6.24. The van der Waals surface area contributed by atoms with Crippen LogP contribution >= 0.6 is 0 Å². The molecule has 4 N–H and O–H groups in total. The van der Waals surface area contributed by atoms with Crippen LogP contribution in [-0.4, -0.2) is 46.2 Å². The molecular formula is C12H15N3O6. The van der Waals surface area contributed by atoms with Crippen molar-refractivity contribution in [3.05, 3.63) is 34.4 Å². The molecule has 0 heterocycles. The SMILES string of the molecule is O=C(CC(NCCO)C(=O)O)Nc1cccc([N+](=O)[O-])c1. The molecule has 9 heteroatoms. The molecule has 0 aromatic heterocycles. The van der Waals surface area contributed by atoms with E-state index in [1.54, 1.807) is 0 Å². The van der Waals surface area contributed by atoms with Gasteiger partial charge in [-0.25, -0.2) is 0 Å². The summed E-state index contributed by atoms with van der Waals surface area (Å²) in [6, 6.07) is 4.18. The summed E-state index contributed by atoms with van der Waals surface area (Å²) >= 11 is 0. The number of non-ortho nitro benzene ring substituents is 1. The Balaban J connectivity index is 2.65. The number of carbonyl (C=O) groups is 2. The highest BCUT2D eigenvalue weighted by atomic mass is 16.6. The van der Waals surface area contributed by atoms with Crippen molar-refractivity contribution in [1.29, 1.82) is 0 Å². The van der Waals surface area contributed by atoms with Gasteiger partial charge in [0.25, 0.3) is 5.69 Å². The van der Waals surface area contributed by atoms with E-state index < -0.39 is 22.8 Å². The fourth-order valence-corrected chi connectivity index (χ4v) is 1.58. The summed E-state index contributed by atoms with van der Waals surface area (Å²) in [7, 11) is 0. The highest BCUT2D eigenvalue weighted by molar-refractivity contribution is 5.94. The molecule has 9 nitrogen and oxygen atoms in total. The highest BCUT2D eigenvalue weighted by Crippen LogP contribution is 2.17. The van der Waals surface area contributed by atoms with Crippen LogP contribution in [0.15, 0.2) is 24.3 Å². The number of anilines is 1. The molecular weight excluding hydrogens is 282 g/mol. The lowest BCUT2D eigenvalue weighted by atomic mass is 10.2. The van der Waals surface area contributed by atoms with E-state index in [9.17, 15) is 19.7 Å². The van der Waals surface area contributed by atoms with Gasteiger partial charge in [0.1, 0.15) is 6.04 Å². The number of aliphatic hydroxyl groups is 1. The Hall–Kier alpha value is -2.52. The van der Waals surface area contributed by atoms with E-state index in [1.807, 2.05) is 0 Å². The van der Waals surface area contributed by atoms with Crippen molar-refractivity contribution in [2.45, 2.75) is 12.5 Å². The Morgan fingerprint density at radius 2 is 2.10 bits per heavy atom. The average Bonchev–Trinajstić information content (AvgIpc) is 2.43. The number of aliphatic carboxylic acids is 1. The van der Waals surface area contributed by atoms with E-state index in [-0.39, 0.29) is 30.9 Å². The zero-order valence-electron chi connectivity index (χ0n) is 11.0. The van der Waals surface area contributed by atoms with E-state index in [4.69, 9.17) is 10.2 Å². The predicted molar refractivity (Wildman–Crippen MR) is 72.9 cm³/mol. The largest absolute Gasteiger partial charge is 0.480 e. The second kappa shape index (κ2) is 7.92. The molecule has 1 aromatic rings. The number of nitrogens with zero attached hydrogens (tertiary/aromatic N) is 1. The van der Waals surface area contributed by atoms with Crippen LogP contribution in [0.5, 0.6) is 0 Å². The fourth-order valence-electron chi connectivity index (χ4n) is 1.58. The van der Waals surface area contributed by atoms with Crippen LogP contribution in [0, 0.1) is 10.1 Å². The quantitative estimate of drug-likeness (QED) is 0.389. The number of nitrogens with one attached hydrogen (secondary N) is 2. The number of aliphatic hydroxyl groups excluding tert-OH is 1. The van der Waals surface area contributed by atoms with Crippen molar-refractivity contribution < 1.29 is 24.7 Å². The molecule has 0 bridgehead atoms. The minimum Gasteiger partial charge on any atom is -0.480 e. The molecule has 0 saturated carbocycles. The lowest BCUT2D eigenvalue weighted by Crippen LogP contribution is -2.41. The number of rotatable bonds is 8. The van der Waals surface area contributed by atoms with Gasteiger partial charge in [-0.1, -0.05) is 6.07 Å². The van der Waals surface area contributed by atoms with Crippen molar-refractivity contribution in [3.8, 4) is 0 Å². The summed E-state index contributed by atoms with van der Waals surface area (Å²) in [5.41, 5.74) is 0.0292. The summed E-state index contributed by atoms with van der Waals surface area (Å²) < 4.78 is 0. The third-order valence-electron chi connectivity index (χ3n) is 2.53. The number of carbonyl (C=O) groups excluding carboxylic acids is 1. The molecule has 0 saturated heterocycles. The maximum Gasteiger partial charge on any atom is 0.321 e. The molecule has 0 radical (unpaired) electrons. The number of benzene rings is 1. The number of nitro groups is 1. The zero-order chi connectivity index (χ0) is 15.8. The smallest absolute Gasteiger partial charge is 0.321 e. The molecule has 0 aliphatic carbocycles. The minimum absolute atomic E-state index is 0.0427. The number of hydrogen-bond donors (Lipinski definition) is 4. The highest BCUT2D eigenvalue weighted by Gasteiger charge is 2.20. The van der Waals surface area contributed by atoms with Gasteiger partial charge in [-0.05, 0) is 6.07 Å². The molecule has 0 spiro atoms. The van der Waals surface area contributed by atoms with E-state index in [1.165, 1.54) is 24.3 Å². The van der Waals surface area contributed by atoms with Crippen LogP contribution in [0.1, 0.15) is 6.42 Å². The van der Waals surface area contributed by atoms with Crippen molar-refractivity contribution >= 4 is 23.3 Å². The maximum atomic E-state index is 11.7. The van der Waals surface area contributed by atoms with Gasteiger partial charge >= 0.3 is 5.97 Å². The summed E-state index contributed by atoms with van der Waals surface area (Å²) in [5, 5.41) is 33.0. The Morgan fingerprint density at radius 3 is 2.67 bits per heavy atom. The molecule has 0 aliphatic rings. The topological polar surface area (TPSA) is 142 Å². The number of hydrogen-bond acceptors (Lipinski definition) is 6. The van der Waals surface area contributed by atoms with Crippen LogP contribution in [0.4, 0.5) is 11.4 Å². The Bertz CT molecular complexity index is 533. The predicted octanol–water partition coefficient (Wildman–Crippen LogP) is -0.0415. The van der Waals surface area contributed by atoms with Crippen LogP contribution in [0.25, 0.3) is 0 Å². The van der Waals surface area contributed by atoms with Crippen molar-refractivity contribution in [2.75, 3.05) is 18.5 Å². The van der Waals surface area contributed by atoms with Gasteiger partial charge in [0.05, 0.1) is 18.0 Å². The second-order valence-electron chi connectivity index (χ2n) is 4.13. The number of carboxylic acids is 1. The van der Waals surface area contributed by atoms with Crippen molar-refractivity contribution in [1.82, 2.24) is 5.32 Å². The molecule has 0 aliphatic heterocycles. The molecule has 114 valence electrons. The maximum absolute atomic E-state index is 11.7. The Labute approximate surface area is 119 Å². The van der Waals surface area contributed by atoms with E-state index in [2.05, 4.69) is 10.6 Å².